The fourth-order valence-electron chi connectivity index (χ4n) is 1.80. The van der Waals surface area contributed by atoms with E-state index in [1.54, 1.807) is 48.9 Å². The summed E-state index contributed by atoms with van der Waals surface area (Å²) in [6, 6.07) is 10.6. The number of methoxy groups -OCH3 is 2. The first kappa shape index (κ1) is 14.8. The Morgan fingerprint density at radius 3 is 2.57 bits per heavy atom. The molecule has 4 nitrogen and oxygen atoms in total. The zero-order valence-corrected chi connectivity index (χ0v) is 12.4. The zero-order chi connectivity index (χ0) is 15.2. The SMILES string of the molecule is COc1ccc(/C=C(\C#N)C(=O)c2cccs2)cc1OC. The first-order chi connectivity index (χ1) is 10.2. The van der Waals surface area contributed by atoms with Gasteiger partial charge in [-0.05, 0) is 35.2 Å². The maximum absolute atomic E-state index is 12.2. The van der Waals surface area contributed by atoms with Crippen molar-refractivity contribution in [3.05, 3.63) is 51.7 Å². The molecule has 1 aromatic heterocycles. The van der Waals surface area contributed by atoms with E-state index in [1.165, 1.54) is 18.4 Å². The smallest absolute Gasteiger partial charge is 0.213 e. The molecule has 0 bridgehead atoms. The maximum Gasteiger partial charge on any atom is 0.213 e. The Bertz CT molecular complexity index is 712. The van der Waals surface area contributed by atoms with Gasteiger partial charge >= 0.3 is 0 Å². The predicted molar refractivity (Wildman–Crippen MR) is 81.8 cm³/mol. The van der Waals surface area contributed by atoms with Crippen molar-refractivity contribution in [1.29, 1.82) is 5.26 Å². The number of carbonyl (C=O) groups is 1. The van der Waals surface area contributed by atoms with Crippen LogP contribution in [0, 0.1) is 11.3 Å². The second kappa shape index (κ2) is 6.73. The third kappa shape index (κ3) is 3.30. The predicted octanol–water partition coefficient (Wildman–Crippen LogP) is 3.56. The minimum atomic E-state index is -0.276. The minimum Gasteiger partial charge on any atom is -0.493 e. The third-order valence-electron chi connectivity index (χ3n) is 2.83. The van der Waals surface area contributed by atoms with Crippen LogP contribution in [0.1, 0.15) is 15.2 Å². The fraction of sp³-hybridized carbons (Fsp3) is 0.125. The van der Waals surface area contributed by atoms with Gasteiger partial charge in [-0.1, -0.05) is 12.1 Å². The molecule has 0 atom stereocenters. The van der Waals surface area contributed by atoms with E-state index in [-0.39, 0.29) is 11.4 Å². The highest BCUT2D eigenvalue weighted by molar-refractivity contribution is 7.12. The lowest BCUT2D eigenvalue weighted by Crippen LogP contribution is -1.99. The number of thiophene rings is 1. The first-order valence-electron chi connectivity index (χ1n) is 6.11. The Labute approximate surface area is 126 Å². The van der Waals surface area contributed by atoms with Crippen molar-refractivity contribution in [2.24, 2.45) is 0 Å². The van der Waals surface area contributed by atoms with Gasteiger partial charge in [0.25, 0.3) is 0 Å². The Morgan fingerprint density at radius 1 is 1.24 bits per heavy atom. The van der Waals surface area contributed by atoms with E-state index in [4.69, 9.17) is 9.47 Å². The first-order valence-corrected chi connectivity index (χ1v) is 6.99. The van der Waals surface area contributed by atoms with Gasteiger partial charge in [-0.3, -0.25) is 4.79 Å². The van der Waals surface area contributed by atoms with Crippen LogP contribution in [-0.2, 0) is 0 Å². The molecule has 0 N–H and O–H groups in total. The van der Waals surface area contributed by atoms with Gasteiger partial charge in [0.05, 0.1) is 19.1 Å². The van der Waals surface area contributed by atoms with E-state index in [2.05, 4.69) is 0 Å². The molecule has 0 unspecified atom stereocenters. The number of nitriles is 1. The van der Waals surface area contributed by atoms with Crippen molar-refractivity contribution in [2.45, 2.75) is 0 Å². The van der Waals surface area contributed by atoms with Crippen molar-refractivity contribution in [3.63, 3.8) is 0 Å². The Balaban J connectivity index is 2.37. The Hall–Kier alpha value is -2.58. The lowest BCUT2D eigenvalue weighted by molar-refractivity contribution is 0.104. The highest BCUT2D eigenvalue weighted by Crippen LogP contribution is 2.28. The summed E-state index contributed by atoms with van der Waals surface area (Å²) in [7, 11) is 3.09. The van der Waals surface area contributed by atoms with Gasteiger partial charge in [-0.25, -0.2) is 0 Å². The molecule has 1 aromatic carbocycles. The molecule has 0 saturated carbocycles. The van der Waals surface area contributed by atoms with E-state index in [0.29, 0.717) is 21.9 Å². The van der Waals surface area contributed by atoms with Crippen LogP contribution in [0.2, 0.25) is 0 Å². The number of rotatable bonds is 5. The van der Waals surface area contributed by atoms with Crippen LogP contribution >= 0.6 is 11.3 Å². The van der Waals surface area contributed by atoms with Crippen molar-refractivity contribution >= 4 is 23.2 Å². The van der Waals surface area contributed by atoms with Crippen LogP contribution in [-0.4, -0.2) is 20.0 Å². The number of hydrogen-bond donors (Lipinski definition) is 0. The highest BCUT2D eigenvalue weighted by Gasteiger charge is 2.13. The van der Waals surface area contributed by atoms with Gasteiger partial charge in [-0.2, -0.15) is 5.26 Å². The summed E-state index contributed by atoms with van der Waals surface area (Å²) in [4.78, 5) is 12.7. The average molecular weight is 299 g/mol. The summed E-state index contributed by atoms with van der Waals surface area (Å²) >= 11 is 1.31. The molecule has 5 heteroatoms. The molecule has 106 valence electrons. The summed E-state index contributed by atoms with van der Waals surface area (Å²) in [5.74, 6) is 0.868. The monoisotopic (exact) mass is 299 g/mol. The van der Waals surface area contributed by atoms with Crippen molar-refractivity contribution in [1.82, 2.24) is 0 Å². The number of ether oxygens (including phenoxy) is 2. The average Bonchev–Trinajstić information content (AvgIpc) is 3.06. The second-order valence-corrected chi connectivity index (χ2v) is 5.04. The number of hydrogen-bond acceptors (Lipinski definition) is 5. The normalized spacial score (nSPS) is 10.8. The summed E-state index contributed by atoms with van der Waals surface area (Å²) in [5.41, 5.74) is 0.791. The van der Waals surface area contributed by atoms with E-state index in [0.717, 1.165) is 0 Å². The molecule has 1 heterocycles. The second-order valence-electron chi connectivity index (χ2n) is 4.09. The van der Waals surface area contributed by atoms with Crippen molar-refractivity contribution in [2.75, 3.05) is 14.2 Å². The molecule has 0 aliphatic carbocycles. The zero-order valence-electron chi connectivity index (χ0n) is 11.6. The molecule has 0 saturated heterocycles. The molecule has 2 aromatic rings. The molecule has 0 spiro atoms. The lowest BCUT2D eigenvalue weighted by Gasteiger charge is -2.07. The van der Waals surface area contributed by atoms with Crippen molar-refractivity contribution < 1.29 is 14.3 Å². The van der Waals surface area contributed by atoms with E-state index < -0.39 is 0 Å². The molecule has 2 rings (SSSR count). The number of carbonyl (C=O) groups excluding carboxylic acids is 1. The molecule has 0 aliphatic rings. The third-order valence-corrected chi connectivity index (χ3v) is 3.70. The Morgan fingerprint density at radius 2 is 2.00 bits per heavy atom. The summed E-state index contributed by atoms with van der Waals surface area (Å²) in [5, 5.41) is 11.0. The molecule has 0 fully saturated rings. The number of allylic oxidation sites excluding steroid dienone is 1. The quantitative estimate of drug-likeness (QED) is 0.481. The number of benzene rings is 1. The van der Waals surface area contributed by atoms with E-state index in [1.807, 2.05) is 6.07 Å². The van der Waals surface area contributed by atoms with Crippen LogP contribution < -0.4 is 9.47 Å². The topological polar surface area (TPSA) is 59.3 Å². The fourth-order valence-corrected chi connectivity index (χ4v) is 2.48. The number of ketones is 1. The number of Topliss-reactive ketones (excluding diaryl/α,β-unsaturated/α-hetero) is 1. The van der Waals surface area contributed by atoms with Gasteiger partial charge < -0.3 is 9.47 Å². The summed E-state index contributed by atoms with van der Waals surface area (Å²) in [6.45, 7) is 0. The molecule has 21 heavy (non-hydrogen) atoms. The molecular weight excluding hydrogens is 286 g/mol. The summed E-state index contributed by atoms with van der Waals surface area (Å²) < 4.78 is 10.4. The standard InChI is InChI=1S/C16H13NO3S/c1-19-13-6-5-11(9-14(13)20-2)8-12(10-17)16(18)15-4-3-7-21-15/h3-9H,1-2H3/b12-8+. The van der Waals surface area contributed by atoms with Crippen LogP contribution in [0.3, 0.4) is 0 Å². The van der Waals surface area contributed by atoms with Crippen LogP contribution in [0.25, 0.3) is 6.08 Å². The molecule has 0 amide bonds. The van der Waals surface area contributed by atoms with Gasteiger partial charge in [0.1, 0.15) is 11.6 Å². The molecule has 0 radical (unpaired) electrons. The van der Waals surface area contributed by atoms with E-state index in [9.17, 15) is 10.1 Å². The highest BCUT2D eigenvalue weighted by atomic mass is 32.1. The number of nitrogens with zero attached hydrogens (tertiary/aromatic N) is 1. The van der Waals surface area contributed by atoms with Crippen LogP contribution in [0.4, 0.5) is 0 Å². The van der Waals surface area contributed by atoms with E-state index >= 15 is 0 Å². The maximum atomic E-state index is 12.2. The molecular formula is C16H13NO3S. The van der Waals surface area contributed by atoms with Gasteiger partial charge in [0, 0.05) is 0 Å². The van der Waals surface area contributed by atoms with Gasteiger partial charge in [0.2, 0.25) is 5.78 Å². The Kier molecular flexibility index (Phi) is 4.75. The largest absolute Gasteiger partial charge is 0.493 e. The van der Waals surface area contributed by atoms with Gasteiger partial charge in [0.15, 0.2) is 11.5 Å². The van der Waals surface area contributed by atoms with Crippen molar-refractivity contribution in [3.8, 4) is 17.6 Å². The van der Waals surface area contributed by atoms with Crippen LogP contribution in [0.15, 0.2) is 41.3 Å². The molecule has 0 aliphatic heterocycles. The van der Waals surface area contributed by atoms with Gasteiger partial charge in [-0.15, -0.1) is 11.3 Å². The minimum absolute atomic E-state index is 0.0877. The van der Waals surface area contributed by atoms with Crippen LogP contribution in [0.5, 0.6) is 11.5 Å². The summed E-state index contributed by atoms with van der Waals surface area (Å²) in [6.07, 6.45) is 1.55. The lowest BCUT2D eigenvalue weighted by atomic mass is 10.1.